The van der Waals surface area contributed by atoms with Crippen LogP contribution in [0.2, 0.25) is 0 Å². The van der Waals surface area contributed by atoms with Crippen molar-refractivity contribution in [3.8, 4) is 11.1 Å². The molecule has 0 bridgehead atoms. The fourth-order valence-corrected chi connectivity index (χ4v) is 4.25. The maximum atomic E-state index is 12.9. The lowest BCUT2D eigenvalue weighted by Crippen LogP contribution is -2.51. The lowest BCUT2D eigenvalue weighted by molar-refractivity contribution is -0.121. The largest absolute Gasteiger partial charge is 0.478 e. The van der Waals surface area contributed by atoms with Crippen molar-refractivity contribution in [3.05, 3.63) is 89.5 Å². The second-order valence-electron chi connectivity index (χ2n) is 8.26. The first-order valence-corrected chi connectivity index (χ1v) is 11.2. The van der Waals surface area contributed by atoms with Crippen LogP contribution in [0.5, 0.6) is 0 Å². The zero-order valence-corrected chi connectivity index (χ0v) is 19.4. The van der Waals surface area contributed by atoms with Gasteiger partial charge >= 0.3 is 12.1 Å². The van der Waals surface area contributed by atoms with Crippen LogP contribution in [-0.2, 0) is 14.3 Å². The highest BCUT2D eigenvalue weighted by molar-refractivity contribution is 5.98. The van der Waals surface area contributed by atoms with Gasteiger partial charge in [-0.1, -0.05) is 54.6 Å². The van der Waals surface area contributed by atoms with E-state index in [0.29, 0.717) is 0 Å². The number of rotatable bonds is 8. The highest BCUT2D eigenvalue weighted by Crippen LogP contribution is 2.44. The van der Waals surface area contributed by atoms with Crippen molar-refractivity contribution in [1.82, 2.24) is 5.32 Å². The number of alkyl carbamates (subject to hydrolysis) is 1. The number of anilines is 1. The van der Waals surface area contributed by atoms with Crippen molar-refractivity contribution in [2.45, 2.75) is 25.0 Å². The van der Waals surface area contributed by atoms with Crippen molar-refractivity contribution in [3.63, 3.8) is 0 Å². The van der Waals surface area contributed by atoms with Gasteiger partial charge in [-0.15, -0.1) is 0 Å². The summed E-state index contributed by atoms with van der Waals surface area (Å²) in [6.45, 7) is 1.75. The quantitative estimate of drug-likeness (QED) is 0.449. The molecule has 35 heavy (non-hydrogen) atoms. The Morgan fingerprint density at radius 2 is 1.57 bits per heavy atom. The first kappa shape index (κ1) is 24.0. The Morgan fingerprint density at radius 3 is 2.17 bits per heavy atom. The number of carbonyl (C=O) groups is 3. The molecular formula is C27H26N2O6. The Bertz CT molecular complexity index is 1210. The van der Waals surface area contributed by atoms with E-state index >= 15 is 0 Å². The van der Waals surface area contributed by atoms with Crippen LogP contribution in [0.3, 0.4) is 0 Å². The Labute approximate surface area is 202 Å². The highest BCUT2D eigenvalue weighted by atomic mass is 16.5. The van der Waals surface area contributed by atoms with Crippen LogP contribution in [0.25, 0.3) is 11.1 Å². The zero-order chi connectivity index (χ0) is 24.9. The normalized spacial score (nSPS) is 13.8. The summed E-state index contributed by atoms with van der Waals surface area (Å²) < 4.78 is 10.8. The zero-order valence-electron chi connectivity index (χ0n) is 19.4. The fourth-order valence-electron chi connectivity index (χ4n) is 4.25. The number of carbonyl (C=O) groups excluding carboxylic acids is 2. The van der Waals surface area contributed by atoms with E-state index in [4.69, 9.17) is 14.6 Å². The summed E-state index contributed by atoms with van der Waals surface area (Å²) in [7, 11) is 1.43. The van der Waals surface area contributed by atoms with E-state index in [2.05, 4.69) is 10.6 Å². The molecule has 3 aromatic carbocycles. The van der Waals surface area contributed by atoms with Crippen LogP contribution in [0.1, 0.15) is 34.3 Å². The molecule has 0 saturated carbocycles. The fraction of sp³-hybridized carbons (Fsp3) is 0.222. The molecule has 180 valence electrons. The number of hydrogen-bond acceptors (Lipinski definition) is 5. The van der Waals surface area contributed by atoms with Crippen molar-refractivity contribution in [1.29, 1.82) is 0 Å². The van der Waals surface area contributed by atoms with Crippen LogP contribution in [0.15, 0.2) is 72.8 Å². The van der Waals surface area contributed by atoms with Crippen molar-refractivity contribution in [2.75, 3.05) is 19.0 Å². The Morgan fingerprint density at radius 1 is 0.943 bits per heavy atom. The van der Waals surface area contributed by atoms with E-state index in [0.717, 1.165) is 22.3 Å². The van der Waals surface area contributed by atoms with Crippen molar-refractivity contribution in [2.24, 2.45) is 0 Å². The minimum Gasteiger partial charge on any atom is -0.478 e. The summed E-state index contributed by atoms with van der Waals surface area (Å²) in [4.78, 5) is 36.8. The molecule has 1 aliphatic rings. The molecular weight excluding hydrogens is 448 g/mol. The molecule has 0 radical (unpaired) electrons. The Kier molecular flexibility index (Phi) is 7.12. The standard InChI is InChI=1S/C27H26N2O6/c1-16(34-2)24(25(30)28-18-9-7-8-17(14-18)26(31)32)29-27(33)35-15-23-21-12-5-3-10-19(21)20-11-4-6-13-22(20)23/h3-14,16,23-24H,15H2,1-2H3,(H,28,30)(H,29,33)(H,31,32). The first-order chi connectivity index (χ1) is 16.9. The lowest BCUT2D eigenvalue weighted by atomic mass is 9.98. The van der Waals surface area contributed by atoms with Crippen molar-refractivity contribution >= 4 is 23.7 Å². The van der Waals surface area contributed by atoms with Crippen LogP contribution >= 0.6 is 0 Å². The monoisotopic (exact) mass is 474 g/mol. The minimum atomic E-state index is -1.11. The molecule has 1 aliphatic carbocycles. The van der Waals surface area contributed by atoms with E-state index in [1.807, 2.05) is 48.5 Å². The molecule has 3 aromatic rings. The van der Waals surface area contributed by atoms with Gasteiger partial charge in [-0.2, -0.15) is 0 Å². The second kappa shape index (κ2) is 10.4. The molecule has 0 saturated heterocycles. The molecule has 0 spiro atoms. The number of carboxylic acid groups (broad SMARTS) is 1. The van der Waals surface area contributed by atoms with Gasteiger partial charge in [-0.25, -0.2) is 9.59 Å². The van der Waals surface area contributed by atoms with Gasteiger partial charge in [0.1, 0.15) is 12.6 Å². The number of nitrogens with one attached hydrogen (secondary N) is 2. The molecule has 2 atom stereocenters. The van der Waals surface area contributed by atoms with Gasteiger partial charge in [0.15, 0.2) is 0 Å². The van der Waals surface area contributed by atoms with E-state index in [9.17, 15) is 14.4 Å². The molecule has 0 heterocycles. The van der Waals surface area contributed by atoms with E-state index < -0.39 is 30.1 Å². The number of aromatic carboxylic acids is 1. The van der Waals surface area contributed by atoms with Crippen molar-refractivity contribution < 1.29 is 29.0 Å². The van der Waals surface area contributed by atoms with Crippen LogP contribution < -0.4 is 10.6 Å². The summed E-state index contributed by atoms with van der Waals surface area (Å²) in [5, 5.41) is 14.4. The highest BCUT2D eigenvalue weighted by Gasteiger charge is 2.31. The predicted octanol–water partition coefficient (Wildman–Crippen LogP) is 4.27. The molecule has 3 N–H and O–H groups in total. The summed E-state index contributed by atoms with van der Waals surface area (Å²) in [6, 6.07) is 20.8. The summed E-state index contributed by atoms with van der Waals surface area (Å²) in [6.07, 6.45) is -1.42. The average molecular weight is 475 g/mol. The van der Waals surface area contributed by atoms with E-state index in [-0.39, 0.29) is 23.8 Å². The van der Waals surface area contributed by atoms with Crippen LogP contribution in [0.4, 0.5) is 10.5 Å². The number of ether oxygens (including phenoxy) is 2. The number of hydrogen-bond donors (Lipinski definition) is 3. The average Bonchev–Trinajstić information content (AvgIpc) is 3.19. The van der Waals surface area contributed by atoms with E-state index in [1.54, 1.807) is 13.0 Å². The van der Waals surface area contributed by atoms with Gasteiger partial charge in [-0.3, -0.25) is 4.79 Å². The van der Waals surface area contributed by atoms with Gasteiger partial charge in [0.25, 0.3) is 0 Å². The molecule has 0 aliphatic heterocycles. The maximum absolute atomic E-state index is 12.9. The van der Waals surface area contributed by atoms with Gasteiger partial charge < -0.3 is 25.2 Å². The molecule has 2 unspecified atom stereocenters. The van der Waals surface area contributed by atoms with E-state index in [1.165, 1.54) is 25.3 Å². The second-order valence-corrected chi connectivity index (χ2v) is 8.26. The summed E-state index contributed by atoms with van der Waals surface area (Å²) >= 11 is 0. The van der Waals surface area contributed by atoms with Gasteiger partial charge in [-0.05, 0) is 47.4 Å². The molecule has 8 nitrogen and oxygen atoms in total. The number of fused-ring (bicyclic) bond motifs is 3. The van der Waals surface area contributed by atoms with Gasteiger partial charge in [0.05, 0.1) is 11.7 Å². The summed E-state index contributed by atoms with van der Waals surface area (Å²) in [5.74, 6) is -1.78. The number of carboxylic acids is 1. The lowest BCUT2D eigenvalue weighted by Gasteiger charge is -2.23. The summed E-state index contributed by atoms with van der Waals surface area (Å²) in [5.41, 5.74) is 4.72. The Balaban J connectivity index is 1.44. The van der Waals surface area contributed by atoms with Gasteiger partial charge in [0.2, 0.25) is 5.91 Å². The molecule has 4 rings (SSSR count). The number of methoxy groups -OCH3 is 1. The van der Waals surface area contributed by atoms with Crippen LogP contribution in [0, 0.1) is 0 Å². The molecule has 8 heteroatoms. The first-order valence-electron chi connectivity index (χ1n) is 11.2. The topological polar surface area (TPSA) is 114 Å². The third-order valence-corrected chi connectivity index (χ3v) is 6.12. The molecule has 0 fully saturated rings. The minimum absolute atomic E-state index is 0.0311. The Hall–Kier alpha value is -4.17. The number of amides is 2. The third kappa shape index (κ3) is 5.17. The molecule has 0 aromatic heterocycles. The predicted molar refractivity (Wildman–Crippen MR) is 130 cm³/mol. The maximum Gasteiger partial charge on any atom is 0.407 e. The number of benzene rings is 3. The van der Waals surface area contributed by atoms with Crippen LogP contribution in [-0.4, -0.2) is 48.9 Å². The molecule has 2 amide bonds. The third-order valence-electron chi connectivity index (χ3n) is 6.12. The smallest absolute Gasteiger partial charge is 0.407 e. The van der Waals surface area contributed by atoms with Gasteiger partial charge in [0, 0.05) is 18.7 Å². The SMILES string of the molecule is COC(C)C(NC(=O)OCC1c2ccccc2-c2ccccc21)C(=O)Nc1cccc(C(=O)O)c1.